The maximum Gasteiger partial charge on any atom is 0.291 e. The van der Waals surface area contributed by atoms with E-state index in [4.69, 9.17) is 0 Å². The zero-order chi connectivity index (χ0) is 19.7. The number of amides is 1. The van der Waals surface area contributed by atoms with Crippen LogP contribution in [0.4, 0.5) is 0 Å². The smallest absolute Gasteiger partial charge is 0.291 e. The molecular formula is C21H27N5O2. The number of piperidine rings is 1. The lowest BCUT2D eigenvalue weighted by Gasteiger charge is -2.33. The van der Waals surface area contributed by atoms with Crippen LogP contribution in [0.1, 0.15) is 26.2 Å². The average Bonchev–Trinajstić information content (AvgIpc) is 3.01. The van der Waals surface area contributed by atoms with E-state index in [1.807, 2.05) is 28.8 Å². The van der Waals surface area contributed by atoms with Gasteiger partial charge in [0.05, 0.1) is 6.20 Å². The van der Waals surface area contributed by atoms with Crippen LogP contribution in [0.3, 0.4) is 0 Å². The monoisotopic (exact) mass is 381 g/mol. The summed E-state index contributed by atoms with van der Waals surface area (Å²) in [5.74, 6) is -0.0776. The van der Waals surface area contributed by atoms with Crippen LogP contribution in [0.15, 0.2) is 35.3 Å². The molecule has 3 aromatic rings. The lowest BCUT2D eigenvalue weighted by Crippen LogP contribution is -2.43. The topological polar surface area (TPSA) is 72.2 Å². The Morgan fingerprint density at radius 1 is 1.25 bits per heavy atom. The summed E-state index contributed by atoms with van der Waals surface area (Å²) in [5, 5.41) is 8.90. The molecule has 1 N–H and O–H groups in total. The minimum Gasteiger partial charge on any atom is -0.353 e. The van der Waals surface area contributed by atoms with Gasteiger partial charge in [-0.2, -0.15) is 5.10 Å². The van der Waals surface area contributed by atoms with Crippen molar-refractivity contribution >= 4 is 27.7 Å². The summed E-state index contributed by atoms with van der Waals surface area (Å²) < 4.78 is 3.13. The SMILES string of the molecule is CC1CCCCN1CCNC(=O)Cn1c2ccccc2c2cnn(C)c(=O)c21. The van der Waals surface area contributed by atoms with E-state index in [0.717, 1.165) is 29.4 Å². The third kappa shape index (κ3) is 3.42. The van der Waals surface area contributed by atoms with Gasteiger partial charge in [0.15, 0.2) is 0 Å². The van der Waals surface area contributed by atoms with E-state index in [-0.39, 0.29) is 18.0 Å². The van der Waals surface area contributed by atoms with Gasteiger partial charge in [0.25, 0.3) is 5.56 Å². The number of likely N-dealkylation sites (tertiary alicyclic amines) is 1. The highest BCUT2D eigenvalue weighted by Gasteiger charge is 2.19. The molecule has 0 spiro atoms. The average molecular weight is 381 g/mol. The van der Waals surface area contributed by atoms with Crippen LogP contribution in [0.25, 0.3) is 21.8 Å². The number of fused-ring (bicyclic) bond motifs is 3. The van der Waals surface area contributed by atoms with Gasteiger partial charge in [-0.15, -0.1) is 0 Å². The van der Waals surface area contributed by atoms with Crippen molar-refractivity contribution in [3.63, 3.8) is 0 Å². The highest BCUT2D eigenvalue weighted by atomic mass is 16.2. The van der Waals surface area contributed by atoms with Crippen LogP contribution in [0.2, 0.25) is 0 Å². The molecule has 7 heteroatoms. The number of aryl methyl sites for hydroxylation is 1. The van der Waals surface area contributed by atoms with Crippen molar-refractivity contribution in [1.29, 1.82) is 0 Å². The first-order valence-electron chi connectivity index (χ1n) is 10.0. The molecule has 1 aromatic carbocycles. The first kappa shape index (κ1) is 18.7. The first-order valence-corrected chi connectivity index (χ1v) is 10.0. The molecule has 1 unspecified atom stereocenters. The second kappa shape index (κ2) is 7.75. The Bertz CT molecular complexity index is 1070. The second-order valence-electron chi connectivity index (χ2n) is 7.67. The predicted octanol–water partition coefficient (Wildman–Crippen LogP) is 1.88. The van der Waals surface area contributed by atoms with E-state index >= 15 is 0 Å². The van der Waals surface area contributed by atoms with Crippen molar-refractivity contribution in [2.24, 2.45) is 7.05 Å². The Morgan fingerprint density at radius 3 is 2.89 bits per heavy atom. The molecule has 1 saturated heterocycles. The molecule has 4 rings (SSSR count). The number of nitrogens with one attached hydrogen (secondary N) is 1. The zero-order valence-corrected chi connectivity index (χ0v) is 16.5. The fourth-order valence-electron chi connectivity index (χ4n) is 4.23. The molecule has 1 fully saturated rings. The fourth-order valence-corrected chi connectivity index (χ4v) is 4.23. The Morgan fingerprint density at radius 2 is 2.07 bits per heavy atom. The summed E-state index contributed by atoms with van der Waals surface area (Å²) in [4.78, 5) is 27.8. The molecule has 2 aromatic heterocycles. The Hall–Kier alpha value is -2.67. The first-order chi connectivity index (χ1) is 13.6. The molecule has 28 heavy (non-hydrogen) atoms. The summed E-state index contributed by atoms with van der Waals surface area (Å²) in [6, 6.07) is 8.34. The molecule has 148 valence electrons. The van der Waals surface area contributed by atoms with E-state index in [2.05, 4.69) is 22.2 Å². The molecular weight excluding hydrogens is 354 g/mol. The van der Waals surface area contributed by atoms with Gasteiger partial charge in [-0.1, -0.05) is 24.6 Å². The van der Waals surface area contributed by atoms with Crippen molar-refractivity contribution in [2.45, 2.75) is 38.8 Å². The number of carbonyl (C=O) groups excluding carboxylic acids is 1. The lowest BCUT2D eigenvalue weighted by molar-refractivity contribution is -0.121. The molecule has 0 aliphatic carbocycles. The molecule has 0 saturated carbocycles. The second-order valence-corrected chi connectivity index (χ2v) is 7.67. The van der Waals surface area contributed by atoms with Gasteiger partial charge in [-0.25, -0.2) is 4.68 Å². The van der Waals surface area contributed by atoms with Gasteiger partial charge in [0.2, 0.25) is 5.91 Å². The highest BCUT2D eigenvalue weighted by Crippen LogP contribution is 2.26. The van der Waals surface area contributed by atoms with E-state index in [9.17, 15) is 9.59 Å². The number of rotatable bonds is 5. The van der Waals surface area contributed by atoms with Crippen molar-refractivity contribution in [3.8, 4) is 0 Å². The van der Waals surface area contributed by atoms with Gasteiger partial charge in [-0.3, -0.25) is 14.5 Å². The molecule has 1 atom stereocenters. The van der Waals surface area contributed by atoms with E-state index in [0.29, 0.717) is 18.1 Å². The lowest BCUT2D eigenvalue weighted by atomic mass is 10.0. The maximum absolute atomic E-state index is 12.7. The Labute approximate surface area is 163 Å². The third-order valence-corrected chi connectivity index (χ3v) is 5.83. The van der Waals surface area contributed by atoms with Gasteiger partial charge in [0, 0.05) is 42.5 Å². The van der Waals surface area contributed by atoms with E-state index in [1.54, 1.807) is 13.2 Å². The molecule has 0 radical (unpaired) electrons. The van der Waals surface area contributed by atoms with Gasteiger partial charge < -0.3 is 9.88 Å². The molecule has 1 amide bonds. The minimum absolute atomic E-state index is 0.0776. The number of nitrogens with zero attached hydrogens (tertiary/aromatic N) is 4. The summed E-state index contributed by atoms with van der Waals surface area (Å²) in [6.07, 6.45) is 5.45. The number of hydrogen-bond donors (Lipinski definition) is 1. The predicted molar refractivity (Wildman–Crippen MR) is 110 cm³/mol. The molecule has 7 nitrogen and oxygen atoms in total. The van der Waals surface area contributed by atoms with Crippen LogP contribution >= 0.6 is 0 Å². The molecule has 1 aliphatic heterocycles. The summed E-state index contributed by atoms with van der Waals surface area (Å²) in [6.45, 7) is 4.97. The Kier molecular flexibility index (Phi) is 5.17. The minimum atomic E-state index is -0.191. The standard InChI is InChI=1S/C21H27N5O2/c1-15-7-5-6-11-25(15)12-10-22-19(27)14-26-18-9-4-3-8-16(18)17-13-23-24(2)21(28)20(17)26/h3-4,8-9,13,15H,5-7,10-12,14H2,1-2H3,(H,22,27). The number of carbonyl (C=O) groups is 1. The third-order valence-electron chi connectivity index (χ3n) is 5.83. The molecule has 3 heterocycles. The van der Waals surface area contributed by atoms with Gasteiger partial charge >= 0.3 is 0 Å². The van der Waals surface area contributed by atoms with Crippen LogP contribution < -0.4 is 10.9 Å². The van der Waals surface area contributed by atoms with Crippen molar-refractivity contribution < 1.29 is 4.79 Å². The maximum atomic E-state index is 12.7. The number of aromatic nitrogens is 3. The zero-order valence-electron chi connectivity index (χ0n) is 16.5. The van der Waals surface area contributed by atoms with E-state index in [1.165, 1.54) is 23.9 Å². The van der Waals surface area contributed by atoms with Crippen LogP contribution in [-0.2, 0) is 18.4 Å². The normalized spacial score (nSPS) is 18.0. The number of hydrogen-bond acceptors (Lipinski definition) is 4. The molecule has 0 bridgehead atoms. The summed E-state index contributed by atoms with van der Waals surface area (Å²) >= 11 is 0. The number of benzene rings is 1. The molecule has 1 aliphatic rings. The number of para-hydroxylation sites is 1. The van der Waals surface area contributed by atoms with Gasteiger partial charge in [0.1, 0.15) is 12.1 Å². The Balaban J connectivity index is 1.54. The summed E-state index contributed by atoms with van der Waals surface area (Å²) in [5.41, 5.74) is 1.21. The van der Waals surface area contributed by atoms with E-state index < -0.39 is 0 Å². The van der Waals surface area contributed by atoms with Crippen molar-refractivity contribution in [2.75, 3.05) is 19.6 Å². The van der Waals surface area contributed by atoms with Crippen LogP contribution in [0.5, 0.6) is 0 Å². The fraction of sp³-hybridized carbons (Fsp3) is 0.476. The van der Waals surface area contributed by atoms with Crippen LogP contribution in [-0.4, -0.2) is 50.8 Å². The van der Waals surface area contributed by atoms with Crippen molar-refractivity contribution in [3.05, 3.63) is 40.8 Å². The van der Waals surface area contributed by atoms with Crippen LogP contribution in [0, 0.1) is 0 Å². The largest absolute Gasteiger partial charge is 0.353 e. The highest BCUT2D eigenvalue weighted by molar-refractivity contribution is 6.07. The van der Waals surface area contributed by atoms with Crippen molar-refractivity contribution in [1.82, 2.24) is 24.6 Å². The quantitative estimate of drug-likeness (QED) is 0.732. The summed E-state index contributed by atoms with van der Waals surface area (Å²) in [7, 11) is 1.63. The van der Waals surface area contributed by atoms with Gasteiger partial charge in [-0.05, 0) is 32.4 Å².